The van der Waals surface area contributed by atoms with E-state index in [9.17, 15) is 14.3 Å². The van der Waals surface area contributed by atoms with Crippen LogP contribution in [0.25, 0.3) is 0 Å². The van der Waals surface area contributed by atoms with Crippen molar-refractivity contribution in [2.24, 2.45) is 0 Å². The maximum absolute atomic E-state index is 14.1. The average Bonchev–Trinajstić information content (AvgIpc) is 2.82. The Morgan fingerprint density at radius 1 is 1.44 bits per heavy atom. The number of carboxylic acids is 1. The van der Waals surface area contributed by atoms with Gasteiger partial charge in [-0.1, -0.05) is 24.4 Å². The van der Waals surface area contributed by atoms with Gasteiger partial charge in [0.25, 0.3) is 0 Å². The number of carboxylic acid groups (broad SMARTS) is 1. The fraction of sp³-hybridized carbons (Fsp3) is 0.462. The highest BCUT2D eigenvalue weighted by molar-refractivity contribution is 6.31. The highest BCUT2D eigenvalue weighted by atomic mass is 35.5. The minimum absolute atomic E-state index is 0.100. The Hall–Kier alpha value is -1.29. The van der Waals surface area contributed by atoms with E-state index in [0.29, 0.717) is 18.6 Å². The van der Waals surface area contributed by atoms with Crippen LogP contribution in [0.5, 0.6) is 5.75 Å². The van der Waals surface area contributed by atoms with Gasteiger partial charge in [-0.25, -0.2) is 4.39 Å². The molecule has 3 nitrogen and oxygen atoms in total. The molecule has 0 amide bonds. The number of carbonyl (C=O) groups is 1. The number of halogens is 2. The van der Waals surface area contributed by atoms with Gasteiger partial charge in [-0.3, -0.25) is 4.79 Å². The summed E-state index contributed by atoms with van der Waals surface area (Å²) >= 11 is 5.79. The van der Waals surface area contributed by atoms with E-state index in [1.165, 1.54) is 19.2 Å². The number of rotatable bonds is 3. The molecule has 18 heavy (non-hydrogen) atoms. The van der Waals surface area contributed by atoms with Gasteiger partial charge in [0.1, 0.15) is 11.6 Å². The standard InChI is InChI=1S/C13H14ClFO3/c1-18-8-6-9(11(15)10(14)7-8)13(12(16)17)4-2-3-5-13/h6-7H,2-5H2,1H3,(H,16,17). The van der Waals surface area contributed by atoms with Crippen LogP contribution in [0.1, 0.15) is 31.2 Å². The van der Waals surface area contributed by atoms with E-state index in [1.54, 1.807) is 0 Å². The zero-order valence-electron chi connectivity index (χ0n) is 10.0. The van der Waals surface area contributed by atoms with Crippen molar-refractivity contribution in [3.63, 3.8) is 0 Å². The van der Waals surface area contributed by atoms with Crippen LogP contribution in [0.2, 0.25) is 5.02 Å². The summed E-state index contributed by atoms with van der Waals surface area (Å²) in [6.07, 6.45) is 2.42. The van der Waals surface area contributed by atoms with Crippen LogP contribution in [0.3, 0.4) is 0 Å². The topological polar surface area (TPSA) is 46.5 Å². The summed E-state index contributed by atoms with van der Waals surface area (Å²) in [5.41, 5.74) is -1.03. The zero-order chi connectivity index (χ0) is 13.3. The van der Waals surface area contributed by atoms with Gasteiger partial charge in [0.05, 0.1) is 17.5 Å². The van der Waals surface area contributed by atoms with Gasteiger partial charge in [-0.2, -0.15) is 0 Å². The Balaban J connectivity index is 2.61. The number of hydrogen-bond donors (Lipinski definition) is 1. The summed E-state index contributed by atoms with van der Waals surface area (Å²) in [6.45, 7) is 0. The molecule has 1 N–H and O–H groups in total. The molecule has 0 unspecified atom stereocenters. The maximum atomic E-state index is 14.1. The van der Waals surface area contributed by atoms with Crippen LogP contribution >= 0.6 is 11.6 Å². The lowest BCUT2D eigenvalue weighted by atomic mass is 9.78. The normalized spacial score (nSPS) is 17.7. The number of hydrogen-bond acceptors (Lipinski definition) is 2. The zero-order valence-corrected chi connectivity index (χ0v) is 10.8. The molecule has 0 bridgehead atoms. The highest BCUT2D eigenvalue weighted by Crippen LogP contribution is 2.44. The van der Waals surface area contributed by atoms with Crippen molar-refractivity contribution < 1.29 is 19.0 Å². The first kappa shape index (κ1) is 13.1. The first-order valence-electron chi connectivity index (χ1n) is 5.78. The third-order valence-corrected chi connectivity index (χ3v) is 3.89. The SMILES string of the molecule is COc1cc(Cl)c(F)c(C2(C(=O)O)CCCC2)c1. The molecule has 0 spiro atoms. The van der Waals surface area contributed by atoms with E-state index < -0.39 is 17.2 Å². The summed E-state index contributed by atoms with van der Waals surface area (Å²) < 4.78 is 19.2. The summed E-state index contributed by atoms with van der Waals surface area (Å²) in [4.78, 5) is 11.5. The first-order valence-corrected chi connectivity index (χ1v) is 6.16. The Labute approximate surface area is 110 Å². The second-order valence-electron chi connectivity index (χ2n) is 4.57. The van der Waals surface area contributed by atoms with Crippen LogP contribution in [0.4, 0.5) is 4.39 Å². The molecule has 0 aliphatic heterocycles. The molecule has 1 aliphatic carbocycles. The van der Waals surface area contributed by atoms with Gasteiger partial charge in [-0.15, -0.1) is 0 Å². The molecular weight excluding hydrogens is 259 g/mol. The molecule has 1 fully saturated rings. The predicted molar refractivity (Wildman–Crippen MR) is 65.7 cm³/mol. The average molecular weight is 273 g/mol. The molecule has 98 valence electrons. The molecule has 1 aromatic carbocycles. The molecule has 0 heterocycles. The molecule has 5 heteroatoms. The number of benzene rings is 1. The number of ether oxygens (including phenoxy) is 1. The van der Waals surface area contributed by atoms with Crippen molar-refractivity contribution in [1.82, 2.24) is 0 Å². The summed E-state index contributed by atoms with van der Waals surface area (Å²) in [5, 5.41) is 9.35. The Kier molecular flexibility index (Phi) is 3.48. The van der Waals surface area contributed by atoms with E-state index in [1.807, 2.05) is 0 Å². The minimum atomic E-state index is -1.16. The smallest absolute Gasteiger partial charge is 0.314 e. The molecule has 1 aromatic rings. The van der Waals surface area contributed by atoms with Gasteiger partial charge in [0.2, 0.25) is 0 Å². The van der Waals surface area contributed by atoms with Crippen molar-refractivity contribution in [1.29, 1.82) is 0 Å². The van der Waals surface area contributed by atoms with Crippen molar-refractivity contribution in [2.75, 3.05) is 7.11 Å². The van der Waals surface area contributed by atoms with Crippen LogP contribution < -0.4 is 4.74 Å². The van der Waals surface area contributed by atoms with Gasteiger partial charge < -0.3 is 9.84 Å². The quantitative estimate of drug-likeness (QED) is 0.917. The minimum Gasteiger partial charge on any atom is -0.497 e. The third-order valence-electron chi connectivity index (χ3n) is 3.62. The van der Waals surface area contributed by atoms with E-state index in [-0.39, 0.29) is 10.6 Å². The molecule has 0 radical (unpaired) electrons. The van der Waals surface area contributed by atoms with Crippen molar-refractivity contribution >= 4 is 17.6 Å². The second-order valence-corrected chi connectivity index (χ2v) is 4.97. The molecule has 1 aliphatic rings. The summed E-state index contributed by atoms with van der Waals surface area (Å²) in [7, 11) is 1.44. The van der Waals surface area contributed by atoms with Crippen LogP contribution in [-0.2, 0) is 10.2 Å². The molecule has 0 saturated heterocycles. The molecule has 0 atom stereocenters. The van der Waals surface area contributed by atoms with E-state index in [4.69, 9.17) is 16.3 Å². The fourth-order valence-electron chi connectivity index (χ4n) is 2.61. The van der Waals surface area contributed by atoms with E-state index >= 15 is 0 Å². The third kappa shape index (κ3) is 1.94. The Bertz CT molecular complexity index is 481. The largest absolute Gasteiger partial charge is 0.497 e. The van der Waals surface area contributed by atoms with Gasteiger partial charge in [0.15, 0.2) is 0 Å². The molecule has 2 rings (SSSR count). The van der Waals surface area contributed by atoms with Gasteiger partial charge >= 0.3 is 5.97 Å². The monoisotopic (exact) mass is 272 g/mol. The number of aliphatic carboxylic acids is 1. The van der Waals surface area contributed by atoms with Crippen LogP contribution in [0, 0.1) is 5.82 Å². The van der Waals surface area contributed by atoms with Gasteiger partial charge in [0, 0.05) is 11.6 Å². The lowest BCUT2D eigenvalue weighted by Gasteiger charge is -2.25. The van der Waals surface area contributed by atoms with Crippen LogP contribution in [0.15, 0.2) is 12.1 Å². The maximum Gasteiger partial charge on any atom is 0.314 e. The molecule has 0 aromatic heterocycles. The summed E-state index contributed by atoms with van der Waals surface area (Å²) in [6, 6.07) is 2.80. The lowest BCUT2D eigenvalue weighted by Crippen LogP contribution is -2.33. The second kappa shape index (κ2) is 4.76. The highest BCUT2D eigenvalue weighted by Gasteiger charge is 2.45. The van der Waals surface area contributed by atoms with Crippen LogP contribution in [-0.4, -0.2) is 18.2 Å². The fourth-order valence-corrected chi connectivity index (χ4v) is 2.82. The summed E-state index contributed by atoms with van der Waals surface area (Å²) in [5.74, 6) is -1.27. The van der Waals surface area contributed by atoms with Crippen molar-refractivity contribution in [2.45, 2.75) is 31.1 Å². The molecule has 1 saturated carbocycles. The predicted octanol–water partition coefficient (Wildman–Crippen LogP) is 3.38. The van der Waals surface area contributed by atoms with E-state index in [0.717, 1.165) is 12.8 Å². The Morgan fingerprint density at radius 2 is 2.06 bits per heavy atom. The first-order chi connectivity index (χ1) is 8.51. The Morgan fingerprint density at radius 3 is 2.56 bits per heavy atom. The molecular formula is C13H14ClFO3. The van der Waals surface area contributed by atoms with E-state index in [2.05, 4.69) is 0 Å². The van der Waals surface area contributed by atoms with Gasteiger partial charge in [-0.05, 0) is 18.9 Å². The van der Waals surface area contributed by atoms with Crippen molar-refractivity contribution in [3.05, 3.63) is 28.5 Å². The number of methoxy groups -OCH3 is 1. The lowest BCUT2D eigenvalue weighted by molar-refractivity contribution is -0.143. The van der Waals surface area contributed by atoms with Crippen molar-refractivity contribution in [3.8, 4) is 5.75 Å².